The molecule has 9 heteroatoms. The lowest BCUT2D eigenvalue weighted by Crippen LogP contribution is -2.45. The molecule has 7 aliphatic rings. The van der Waals surface area contributed by atoms with Crippen LogP contribution in [-0.2, 0) is 9.31 Å². The van der Waals surface area contributed by atoms with Crippen molar-refractivity contribution in [1.82, 2.24) is 0 Å². The highest BCUT2D eigenvalue weighted by Gasteiger charge is 2.65. The molecule has 0 N–H and O–H groups in total. The van der Waals surface area contributed by atoms with Crippen LogP contribution in [0.2, 0.25) is 22.7 Å². The first-order chi connectivity index (χ1) is 19.9. The lowest BCUT2D eigenvalue weighted by molar-refractivity contribution is 0.110. The van der Waals surface area contributed by atoms with E-state index in [-0.39, 0.29) is 14.2 Å². The van der Waals surface area contributed by atoms with E-state index in [1.54, 1.807) is 0 Å². The second-order valence-electron chi connectivity index (χ2n) is 15.0. The lowest BCUT2D eigenvalue weighted by atomic mass is 9.57. The van der Waals surface area contributed by atoms with Gasteiger partial charge in [0.25, 0.3) is 6.69 Å². The third kappa shape index (κ3) is 4.68. The van der Waals surface area contributed by atoms with E-state index in [1.807, 2.05) is 24.3 Å². The summed E-state index contributed by atoms with van der Waals surface area (Å²) in [5.41, 5.74) is 0.924. The van der Waals surface area contributed by atoms with Gasteiger partial charge in [-0.05, 0) is 96.6 Å². The van der Waals surface area contributed by atoms with Crippen molar-refractivity contribution in [1.29, 1.82) is 0 Å². The fraction of sp³-hybridized carbons (Fsp3) is 0.812. The minimum absolute atomic E-state index is 0.00649. The van der Waals surface area contributed by atoms with Crippen LogP contribution in [0.15, 0.2) is 24.3 Å². The van der Waals surface area contributed by atoms with Crippen molar-refractivity contribution in [3.05, 3.63) is 24.3 Å². The van der Waals surface area contributed by atoms with Crippen LogP contribution in [0.25, 0.3) is 0 Å². The summed E-state index contributed by atoms with van der Waals surface area (Å²) in [5.74, 6) is 6.31. The molecule has 5 aliphatic carbocycles. The van der Waals surface area contributed by atoms with E-state index >= 15 is 0 Å². The molecule has 8 rings (SSSR count). The Hall–Kier alpha value is -0.333. The molecule has 222 valence electrons. The Balaban J connectivity index is 1.01. The number of hydrogen-bond acceptors (Lipinski definition) is 4. The van der Waals surface area contributed by atoms with Crippen LogP contribution in [0.1, 0.15) is 90.9 Å². The van der Waals surface area contributed by atoms with Crippen molar-refractivity contribution in [2.24, 2.45) is 35.5 Å². The standard InChI is InChI=1S/C32H46B2Cl2O4Si/c1-19-17-23-21(9-7-11-25(23)33-37-27-13-3-4-14-28(27)38-33)31(19)41(35,36)32-20(2)18-24-22(32)10-8-12-26(24)34-39-29-15-5-6-16-30(29)40-34/h3-4,13-14,19-26,29-32H,5-12,15-18H2,1-2H3. The van der Waals surface area contributed by atoms with Crippen LogP contribution in [0.5, 0.6) is 11.5 Å². The first-order valence-corrected chi connectivity index (χ1v) is 21.2. The van der Waals surface area contributed by atoms with Gasteiger partial charge in [-0.25, -0.2) is 0 Å². The predicted molar refractivity (Wildman–Crippen MR) is 169 cm³/mol. The quantitative estimate of drug-likeness (QED) is 0.250. The monoisotopic (exact) mass is 614 g/mol. The van der Waals surface area contributed by atoms with Gasteiger partial charge < -0.3 is 18.6 Å². The van der Waals surface area contributed by atoms with Gasteiger partial charge in [0.15, 0.2) is 0 Å². The van der Waals surface area contributed by atoms with E-state index in [0.29, 0.717) is 70.4 Å². The molecule has 0 radical (unpaired) electrons. The predicted octanol–water partition coefficient (Wildman–Crippen LogP) is 9.11. The summed E-state index contributed by atoms with van der Waals surface area (Å²) in [6.07, 6.45) is 15.5. The van der Waals surface area contributed by atoms with Crippen LogP contribution in [0, 0.1) is 35.5 Å². The van der Waals surface area contributed by atoms with E-state index in [2.05, 4.69) is 13.8 Å². The molecule has 1 aromatic rings. The zero-order valence-corrected chi connectivity index (χ0v) is 27.3. The Labute approximate surface area is 258 Å². The molecule has 0 amide bonds. The molecule has 1 saturated heterocycles. The number of halogens is 2. The van der Waals surface area contributed by atoms with Crippen molar-refractivity contribution in [2.45, 2.75) is 126 Å². The van der Waals surface area contributed by atoms with Crippen LogP contribution in [0.4, 0.5) is 0 Å². The smallest absolute Gasteiger partial charge is 0.523 e. The number of rotatable bonds is 4. The molecular weight excluding hydrogens is 569 g/mol. The van der Waals surface area contributed by atoms with Gasteiger partial charge in [0.2, 0.25) is 0 Å². The molecule has 4 nitrogen and oxygen atoms in total. The first kappa shape index (κ1) is 28.2. The van der Waals surface area contributed by atoms with Crippen molar-refractivity contribution in [3.8, 4) is 11.5 Å². The Morgan fingerprint density at radius 1 is 0.634 bits per heavy atom. The minimum atomic E-state index is -2.63. The zero-order chi connectivity index (χ0) is 27.9. The van der Waals surface area contributed by atoms with E-state index in [0.717, 1.165) is 11.5 Å². The molecular formula is C32H46B2Cl2O4Si. The Kier molecular flexibility index (Phi) is 7.51. The summed E-state index contributed by atoms with van der Waals surface area (Å²) in [6, 6.07) is 8.14. The Morgan fingerprint density at radius 3 is 1.63 bits per heavy atom. The largest absolute Gasteiger partial charge is 0.598 e. The maximum absolute atomic E-state index is 7.94. The summed E-state index contributed by atoms with van der Waals surface area (Å²) in [7, 11) is -0.176. The number of benzene rings is 1. The summed E-state index contributed by atoms with van der Waals surface area (Å²) < 4.78 is 26.1. The first-order valence-electron chi connectivity index (χ1n) is 17.0. The van der Waals surface area contributed by atoms with Gasteiger partial charge in [-0.15, -0.1) is 22.2 Å². The summed E-state index contributed by atoms with van der Waals surface area (Å²) in [5, 5.41) is 0. The third-order valence-electron chi connectivity index (χ3n) is 13.0. The lowest BCUT2D eigenvalue weighted by Gasteiger charge is -2.45. The molecule has 12 unspecified atom stereocenters. The number of hydrogen-bond donors (Lipinski definition) is 0. The van der Waals surface area contributed by atoms with E-state index in [9.17, 15) is 0 Å². The topological polar surface area (TPSA) is 36.9 Å². The van der Waals surface area contributed by atoms with Crippen LogP contribution in [-0.4, -0.2) is 33.1 Å². The van der Waals surface area contributed by atoms with Crippen LogP contribution in [0.3, 0.4) is 0 Å². The van der Waals surface area contributed by atoms with Gasteiger partial charge in [-0.3, -0.25) is 0 Å². The molecule has 0 spiro atoms. The minimum Gasteiger partial charge on any atom is -0.523 e. The maximum atomic E-state index is 7.94. The Morgan fingerprint density at radius 2 is 1.12 bits per heavy atom. The van der Waals surface area contributed by atoms with Gasteiger partial charge in [-0.2, -0.15) is 0 Å². The second-order valence-corrected chi connectivity index (χ2v) is 22.1. The van der Waals surface area contributed by atoms with Crippen molar-refractivity contribution < 1.29 is 18.6 Å². The normalized spacial score (nSPS) is 45.5. The van der Waals surface area contributed by atoms with Crippen molar-refractivity contribution in [2.75, 3.05) is 0 Å². The fourth-order valence-electron chi connectivity index (χ4n) is 11.5. The van der Waals surface area contributed by atoms with Crippen LogP contribution < -0.4 is 9.31 Å². The average Bonchev–Trinajstić information content (AvgIpc) is 3.73. The maximum Gasteiger partial charge on any atom is 0.598 e. The molecule has 0 bridgehead atoms. The SMILES string of the molecule is CC1CC2C(B3Oc4ccccc4O3)CCCC2C1[Si](Cl)(Cl)C1C(C)CC2C(B3OC4CCCCC4O3)CCCC21. The van der Waals surface area contributed by atoms with Gasteiger partial charge >= 0.3 is 14.2 Å². The molecule has 0 aromatic heterocycles. The average molecular weight is 615 g/mol. The molecule has 12 atom stereocenters. The van der Waals surface area contributed by atoms with Crippen LogP contribution >= 0.6 is 22.2 Å². The summed E-state index contributed by atoms with van der Waals surface area (Å²) >= 11 is 15.9. The van der Waals surface area contributed by atoms with Crippen molar-refractivity contribution >= 4 is 43.1 Å². The van der Waals surface area contributed by atoms with E-state index < -0.39 is 6.69 Å². The van der Waals surface area contributed by atoms with Gasteiger partial charge in [-0.1, -0.05) is 70.9 Å². The highest BCUT2D eigenvalue weighted by molar-refractivity contribution is 7.46. The van der Waals surface area contributed by atoms with Gasteiger partial charge in [0.05, 0.1) is 12.2 Å². The highest BCUT2D eigenvalue weighted by Crippen LogP contribution is 2.69. The third-order valence-corrected chi connectivity index (χ3v) is 19.8. The summed E-state index contributed by atoms with van der Waals surface area (Å²) in [6.45, 7) is 2.30. The van der Waals surface area contributed by atoms with Gasteiger partial charge in [0.1, 0.15) is 11.5 Å². The summed E-state index contributed by atoms with van der Waals surface area (Å²) in [4.78, 5) is 0. The number of para-hydroxylation sites is 2. The van der Waals surface area contributed by atoms with E-state index in [4.69, 9.17) is 40.8 Å². The van der Waals surface area contributed by atoms with E-state index in [1.165, 1.54) is 77.0 Å². The molecule has 5 saturated carbocycles. The number of fused-ring (bicyclic) bond motifs is 4. The molecule has 1 aromatic carbocycles. The molecule has 6 fully saturated rings. The van der Waals surface area contributed by atoms with Gasteiger partial charge in [0, 0.05) is 5.82 Å². The van der Waals surface area contributed by atoms with Crippen molar-refractivity contribution in [3.63, 3.8) is 0 Å². The fourth-order valence-corrected chi connectivity index (χ4v) is 20.3. The molecule has 2 heterocycles. The highest BCUT2D eigenvalue weighted by atomic mass is 35.7. The Bertz CT molecular complexity index is 1090. The molecule has 41 heavy (non-hydrogen) atoms. The second kappa shape index (κ2) is 10.9. The zero-order valence-electron chi connectivity index (χ0n) is 24.8. The molecule has 2 aliphatic heterocycles.